The van der Waals surface area contributed by atoms with E-state index in [0.717, 1.165) is 5.56 Å². The number of nitrogens with two attached hydrogens (primary N) is 1. The standard InChI is InChI=1S/C11H13N5O3S/c1-7-14-10(16-15-7)11(17)13-6-8-2-4-9(5-3-8)20(12,18)19/h2-5H,6H2,1H3,(H,13,17)(H2,12,18,19)(H,14,15,16). The van der Waals surface area contributed by atoms with Gasteiger partial charge in [0.15, 0.2) is 0 Å². The molecule has 0 saturated heterocycles. The molecule has 0 bridgehead atoms. The third-order valence-electron chi connectivity index (χ3n) is 2.51. The Morgan fingerprint density at radius 3 is 2.50 bits per heavy atom. The van der Waals surface area contributed by atoms with Crippen LogP contribution in [0.25, 0.3) is 0 Å². The maximum absolute atomic E-state index is 11.7. The topological polar surface area (TPSA) is 131 Å². The van der Waals surface area contributed by atoms with Gasteiger partial charge in [-0.2, -0.15) is 0 Å². The van der Waals surface area contributed by atoms with Crippen LogP contribution in [0, 0.1) is 6.92 Å². The Morgan fingerprint density at radius 2 is 2.00 bits per heavy atom. The van der Waals surface area contributed by atoms with Crippen LogP contribution in [-0.4, -0.2) is 29.5 Å². The number of carbonyl (C=O) groups excluding carboxylic acids is 1. The zero-order valence-corrected chi connectivity index (χ0v) is 11.4. The van der Waals surface area contributed by atoms with Gasteiger partial charge in [-0.1, -0.05) is 12.1 Å². The number of nitrogens with one attached hydrogen (secondary N) is 2. The van der Waals surface area contributed by atoms with Gasteiger partial charge < -0.3 is 5.32 Å². The van der Waals surface area contributed by atoms with Crippen LogP contribution in [0.3, 0.4) is 0 Å². The summed E-state index contributed by atoms with van der Waals surface area (Å²) in [6.45, 7) is 1.92. The van der Waals surface area contributed by atoms with Crippen molar-refractivity contribution in [1.29, 1.82) is 0 Å². The van der Waals surface area contributed by atoms with Gasteiger partial charge in [-0.05, 0) is 24.6 Å². The first kappa shape index (κ1) is 14.2. The molecule has 0 radical (unpaired) electrons. The maximum atomic E-state index is 11.7. The van der Waals surface area contributed by atoms with Gasteiger partial charge in [-0.3, -0.25) is 9.89 Å². The number of primary sulfonamides is 1. The third kappa shape index (κ3) is 3.39. The first-order chi connectivity index (χ1) is 9.36. The molecule has 0 unspecified atom stereocenters. The number of amides is 1. The quantitative estimate of drug-likeness (QED) is 0.712. The Hall–Kier alpha value is -2.26. The molecule has 0 spiro atoms. The largest absolute Gasteiger partial charge is 0.345 e. The molecule has 20 heavy (non-hydrogen) atoms. The minimum Gasteiger partial charge on any atom is -0.345 e. The van der Waals surface area contributed by atoms with Crippen LogP contribution in [-0.2, 0) is 16.6 Å². The number of aromatic nitrogens is 3. The predicted octanol–water partition coefficient (Wildman–Crippen LogP) is -0.309. The molecule has 4 N–H and O–H groups in total. The van der Waals surface area contributed by atoms with Crippen molar-refractivity contribution in [3.63, 3.8) is 0 Å². The molecule has 2 rings (SSSR count). The van der Waals surface area contributed by atoms with Crippen LogP contribution >= 0.6 is 0 Å². The molecule has 0 atom stereocenters. The fourth-order valence-electron chi connectivity index (χ4n) is 1.50. The molecule has 8 nitrogen and oxygen atoms in total. The zero-order valence-electron chi connectivity index (χ0n) is 10.6. The predicted molar refractivity (Wildman–Crippen MR) is 70.1 cm³/mol. The highest BCUT2D eigenvalue weighted by Crippen LogP contribution is 2.08. The van der Waals surface area contributed by atoms with Crippen molar-refractivity contribution in [2.45, 2.75) is 18.4 Å². The van der Waals surface area contributed by atoms with Gasteiger partial charge in [0.2, 0.25) is 15.8 Å². The molecule has 0 aliphatic carbocycles. The lowest BCUT2D eigenvalue weighted by Gasteiger charge is -2.04. The lowest BCUT2D eigenvalue weighted by Crippen LogP contribution is -2.24. The van der Waals surface area contributed by atoms with Crippen LogP contribution in [0.15, 0.2) is 29.2 Å². The van der Waals surface area contributed by atoms with Crippen molar-refractivity contribution in [3.8, 4) is 0 Å². The van der Waals surface area contributed by atoms with Gasteiger partial charge in [-0.25, -0.2) is 18.5 Å². The lowest BCUT2D eigenvalue weighted by molar-refractivity contribution is 0.0941. The monoisotopic (exact) mass is 295 g/mol. The average Bonchev–Trinajstić information content (AvgIpc) is 2.82. The van der Waals surface area contributed by atoms with E-state index in [2.05, 4.69) is 20.5 Å². The van der Waals surface area contributed by atoms with E-state index in [0.29, 0.717) is 5.82 Å². The van der Waals surface area contributed by atoms with Crippen molar-refractivity contribution >= 4 is 15.9 Å². The number of aromatic amines is 1. The summed E-state index contributed by atoms with van der Waals surface area (Å²) in [6.07, 6.45) is 0. The minimum atomic E-state index is -3.70. The van der Waals surface area contributed by atoms with Crippen LogP contribution < -0.4 is 10.5 Å². The molecular formula is C11H13N5O3S. The number of nitrogens with zero attached hydrogens (tertiary/aromatic N) is 2. The van der Waals surface area contributed by atoms with Crippen LogP contribution in [0.1, 0.15) is 22.0 Å². The SMILES string of the molecule is Cc1nc(C(=O)NCc2ccc(S(N)(=O)=O)cc2)n[nH]1. The van der Waals surface area contributed by atoms with E-state index < -0.39 is 15.9 Å². The Morgan fingerprint density at radius 1 is 1.35 bits per heavy atom. The van der Waals surface area contributed by atoms with Gasteiger partial charge >= 0.3 is 0 Å². The first-order valence-corrected chi connectivity index (χ1v) is 7.20. The molecule has 106 valence electrons. The number of benzene rings is 1. The summed E-state index contributed by atoms with van der Waals surface area (Å²) in [5.74, 6) is 0.196. The summed E-state index contributed by atoms with van der Waals surface area (Å²) in [5, 5.41) is 13.9. The molecule has 1 aromatic heterocycles. The Balaban J connectivity index is 1.99. The van der Waals surface area contributed by atoms with Gasteiger partial charge in [0.25, 0.3) is 5.91 Å². The fraction of sp³-hybridized carbons (Fsp3) is 0.182. The number of H-pyrrole nitrogens is 1. The average molecular weight is 295 g/mol. The van der Waals surface area contributed by atoms with E-state index in [4.69, 9.17) is 5.14 Å². The summed E-state index contributed by atoms with van der Waals surface area (Å²) in [7, 11) is -3.70. The lowest BCUT2D eigenvalue weighted by atomic mass is 10.2. The van der Waals surface area contributed by atoms with Crippen molar-refractivity contribution in [1.82, 2.24) is 20.5 Å². The Labute approximate surface area is 115 Å². The second-order valence-electron chi connectivity index (χ2n) is 4.12. The van der Waals surface area contributed by atoms with Crippen LogP contribution in [0.2, 0.25) is 0 Å². The number of aryl methyl sites for hydroxylation is 1. The minimum absolute atomic E-state index is 0.0252. The van der Waals surface area contributed by atoms with Gasteiger partial charge in [0.1, 0.15) is 5.82 Å². The molecule has 0 aliphatic heterocycles. The first-order valence-electron chi connectivity index (χ1n) is 5.65. The second kappa shape index (κ2) is 5.39. The van der Waals surface area contributed by atoms with Crippen molar-refractivity contribution in [3.05, 3.63) is 41.5 Å². The molecule has 1 heterocycles. The van der Waals surface area contributed by atoms with E-state index in [1.807, 2.05) is 0 Å². The Bertz CT molecular complexity index is 721. The molecule has 0 saturated carbocycles. The normalized spacial score (nSPS) is 11.3. The molecule has 1 amide bonds. The summed E-state index contributed by atoms with van der Waals surface area (Å²) >= 11 is 0. The van der Waals surface area contributed by atoms with E-state index in [9.17, 15) is 13.2 Å². The van der Waals surface area contributed by atoms with Crippen molar-refractivity contribution < 1.29 is 13.2 Å². The highest BCUT2D eigenvalue weighted by atomic mass is 32.2. The van der Waals surface area contributed by atoms with Crippen molar-refractivity contribution in [2.75, 3.05) is 0 Å². The maximum Gasteiger partial charge on any atom is 0.291 e. The number of hydrogen-bond donors (Lipinski definition) is 3. The van der Waals surface area contributed by atoms with E-state index in [-0.39, 0.29) is 17.3 Å². The second-order valence-corrected chi connectivity index (χ2v) is 5.68. The summed E-state index contributed by atoms with van der Waals surface area (Å²) in [5.41, 5.74) is 0.734. The molecule has 0 fully saturated rings. The molecule has 1 aromatic carbocycles. The molecule has 2 aromatic rings. The van der Waals surface area contributed by atoms with E-state index in [1.165, 1.54) is 12.1 Å². The smallest absolute Gasteiger partial charge is 0.291 e. The van der Waals surface area contributed by atoms with E-state index >= 15 is 0 Å². The van der Waals surface area contributed by atoms with Gasteiger partial charge in [0, 0.05) is 6.54 Å². The highest BCUT2D eigenvalue weighted by molar-refractivity contribution is 7.89. The van der Waals surface area contributed by atoms with Crippen LogP contribution in [0.5, 0.6) is 0 Å². The van der Waals surface area contributed by atoms with E-state index in [1.54, 1.807) is 19.1 Å². The zero-order chi connectivity index (χ0) is 14.8. The van der Waals surface area contributed by atoms with Crippen LogP contribution in [0.4, 0.5) is 0 Å². The molecule has 0 aliphatic rings. The number of hydrogen-bond acceptors (Lipinski definition) is 5. The Kier molecular flexibility index (Phi) is 3.81. The summed E-state index contributed by atoms with van der Waals surface area (Å²) in [4.78, 5) is 15.6. The van der Waals surface area contributed by atoms with Gasteiger partial charge in [-0.15, -0.1) is 5.10 Å². The molecular weight excluding hydrogens is 282 g/mol. The summed E-state index contributed by atoms with van der Waals surface area (Å²) in [6, 6.07) is 5.91. The van der Waals surface area contributed by atoms with Gasteiger partial charge in [0.05, 0.1) is 4.90 Å². The number of sulfonamides is 1. The third-order valence-corrected chi connectivity index (χ3v) is 3.43. The highest BCUT2D eigenvalue weighted by Gasteiger charge is 2.11. The van der Waals surface area contributed by atoms with Crippen molar-refractivity contribution in [2.24, 2.45) is 5.14 Å². The number of carbonyl (C=O) groups is 1. The number of rotatable bonds is 4. The fourth-order valence-corrected chi connectivity index (χ4v) is 2.02. The molecule has 9 heteroatoms. The summed E-state index contributed by atoms with van der Waals surface area (Å²) < 4.78 is 22.2.